The molecule has 2 nitrogen and oxygen atoms in total. The van der Waals surface area contributed by atoms with Gasteiger partial charge in [-0.05, 0) is 12.0 Å². The van der Waals surface area contributed by atoms with Crippen LogP contribution < -0.4 is 0 Å². The first-order valence-corrected chi connectivity index (χ1v) is 3.22. The molecule has 0 spiro atoms. The maximum Gasteiger partial charge on any atom is 0.433 e. The van der Waals surface area contributed by atoms with Crippen molar-refractivity contribution in [2.75, 3.05) is 0 Å². The summed E-state index contributed by atoms with van der Waals surface area (Å²) in [5.41, 5.74) is -1.000. The van der Waals surface area contributed by atoms with Crippen LogP contribution >= 0.6 is 0 Å². The van der Waals surface area contributed by atoms with Crippen LogP contribution in [-0.4, -0.2) is 9.97 Å². The lowest BCUT2D eigenvalue weighted by Crippen LogP contribution is -2.09. The Bertz CT molecular complexity index is 360. The predicted molar refractivity (Wildman–Crippen MR) is 39.3 cm³/mol. The summed E-state index contributed by atoms with van der Waals surface area (Å²) in [6.07, 6.45) is -3.45. The molecule has 0 unspecified atom stereocenters. The van der Waals surface area contributed by atoms with Gasteiger partial charge in [0.2, 0.25) is 5.82 Å². The Labute approximate surface area is 72.8 Å². The predicted octanol–water partition coefficient (Wildman–Crippen LogP) is 1.68. The Hall–Kier alpha value is -1.57. The highest BCUT2D eigenvalue weighted by Gasteiger charge is 2.32. The minimum atomic E-state index is -4.46. The topological polar surface area (TPSA) is 25.8 Å². The van der Waals surface area contributed by atoms with E-state index in [4.69, 9.17) is 0 Å². The van der Waals surface area contributed by atoms with Crippen LogP contribution in [0.3, 0.4) is 0 Å². The minimum absolute atomic E-state index is 0.176. The van der Waals surface area contributed by atoms with Gasteiger partial charge in [0.05, 0.1) is 0 Å². The van der Waals surface area contributed by atoms with Crippen molar-refractivity contribution in [2.45, 2.75) is 6.18 Å². The number of nitrogens with zero attached hydrogens (tertiary/aromatic N) is 2. The Kier molecular flexibility index (Phi) is 2.52. The molecule has 0 atom stereocenters. The van der Waals surface area contributed by atoms with Crippen LogP contribution in [-0.2, 0) is 6.18 Å². The minimum Gasteiger partial charge on any atom is -0.229 e. The SMILES string of the molecule is [CH2]C#Cc1nccc(C(F)(F)F)n1. The molecule has 1 rings (SSSR count). The van der Waals surface area contributed by atoms with E-state index in [0.717, 1.165) is 12.3 Å². The number of hydrogen-bond acceptors (Lipinski definition) is 2. The van der Waals surface area contributed by atoms with Crippen LogP contribution in [0.1, 0.15) is 11.5 Å². The molecule has 1 heterocycles. The van der Waals surface area contributed by atoms with E-state index in [-0.39, 0.29) is 5.82 Å². The third-order valence-electron chi connectivity index (χ3n) is 1.15. The molecule has 0 aliphatic heterocycles. The summed E-state index contributed by atoms with van der Waals surface area (Å²) in [6, 6.07) is 0.786. The van der Waals surface area contributed by atoms with E-state index in [2.05, 4.69) is 28.7 Å². The van der Waals surface area contributed by atoms with E-state index in [1.807, 2.05) is 0 Å². The molecule has 1 aromatic rings. The van der Waals surface area contributed by atoms with E-state index >= 15 is 0 Å². The van der Waals surface area contributed by atoms with Crippen molar-refractivity contribution in [1.29, 1.82) is 0 Å². The Balaban J connectivity index is 3.10. The molecule has 1 aromatic heterocycles. The zero-order valence-corrected chi connectivity index (χ0v) is 6.39. The molecular weight excluding hydrogens is 181 g/mol. The molecule has 5 heteroatoms. The first kappa shape index (κ1) is 9.52. The maximum absolute atomic E-state index is 12.1. The lowest BCUT2D eigenvalue weighted by molar-refractivity contribution is -0.141. The number of rotatable bonds is 0. The van der Waals surface area contributed by atoms with Crippen molar-refractivity contribution in [3.63, 3.8) is 0 Å². The van der Waals surface area contributed by atoms with Crippen molar-refractivity contribution in [3.05, 3.63) is 30.7 Å². The van der Waals surface area contributed by atoms with Crippen LogP contribution in [0.4, 0.5) is 13.2 Å². The molecular formula is C8H4F3N2. The van der Waals surface area contributed by atoms with Gasteiger partial charge in [0, 0.05) is 13.1 Å². The van der Waals surface area contributed by atoms with E-state index in [1.165, 1.54) is 0 Å². The highest BCUT2D eigenvalue weighted by molar-refractivity contribution is 5.23. The number of hydrogen-bond donors (Lipinski definition) is 0. The fourth-order valence-corrected chi connectivity index (χ4v) is 0.656. The standard InChI is InChI=1S/C8H4F3N2/c1-2-3-7-12-5-4-6(13-7)8(9,10)11/h4-5H,1H2. The first-order chi connectivity index (χ1) is 6.04. The third-order valence-corrected chi connectivity index (χ3v) is 1.15. The second-order valence-corrected chi connectivity index (χ2v) is 2.07. The van der Waals surface area contributed by atoms with E-state index in [9.17, 15) is 13.2 Å². The van der Waals surface area contributed by atoms with Gasteiger partial charge in [-0.1, -0.05) is 5.92 Å². The number of alkyl halides is 3. The largest absolute Gasteiger partial charge is 0.433 e. The fraction of sp³-hybridized carbons (Fsp3) is 0.125. The van der Waals surface area contributed by atoms with Gasteiger partial charge in [-0.15, -0.1) is 0 Å². The summed E-state index contributed by atoms with van der Waals surface area (Å²) in [5.74, 6) is 4.23. The van der Waals surface area contributed by atoms with Crippen LogP contribution in [0, 0.1) is 18.8 Å². The van der Waals surface area contributed by atoms with Crippen molar-refractivity contribution in [1.82, 2.24) is 9.97 Å². The van der Waals surface area contributed by atoms with E-state index in [0.29, 0.717) is 0 Å². The highest BCUT2D eigenvalue weighted by atomic mass is 19.4. The van der Waals surface area contributed by atoms with Gasteiger partial charge in [-0.25, -0.2) is 9.97 Å². The number of halogens is 3. The summed E-state index contributed by atoms with van der Waals surface area (Å²) in [5, 5.41) is 0. The van der Waals surface area contributed by atoms with Gasteiger partial charge in [0.15, 0.2) is 0 Å². The molecule has 1 radical (unpaired) electrons. The average Bonchev–Trinajstić information content (AvgIpc) is 2.04. The van der Waals surface area contributed by atoms with Gasteiger partial charge >= 0.3 is 6.18 Å². The van der Waals surface area contributed by atoms with Gasteiger partial charge in [-0.3, -0.25) is 0 Å². The normalized spacial score (nSPS) is 10.5. The summed E-state index contributed by atoms with van der Waals surface area (Å²) in [4.78, 5) is 6.70. The Morgan fingerprint density at radius 2 is 2.08 bits per heavy atom. The molecule has 13 heavy (non-hydrogen) atoms. The molecule has 0 amide bonds. The Morgan fingerprint density at radius 3 is 2.62 bits per heavy atom. The highest BCUT2D eigenvalue weighted by Crippen LogP contribution is 2.26. The van der Waals surface area contributed by atoms with E-state index in [1.54, 1.807) is 0 Å². The molecule has 0 fully saturated rings. The summed E-state index contributed by atoms with van der Waals surface area (Å²) in [6.45, 7) is 3.15. The summed E-state index contributed by atoms with van der Waals surface area (Å²) < 4.78 is 36.2. The number of aromatic nitrogens is 2. The van der Waals surface area contributed by atoms with Gasteiger partial charge < -0.3 is 0 Å². The monoisotopic (exact) mass is 185 g/mol. The maximum atomic E-state index is 12.1. The quantitative estimate of drug-likeness (QED) is 0.574. The second-order valence-electron chi connectivity index (χ2n) is 2.07. The van der Waals surface area contributed by atoms with Gasteiger partial charge in [0.1, 0.15) is 5.69 Å². The average molecular weight is 185 g/mol. The molecule has 0 saturated heterocycles. The second kappa shape index (κ2) is 3.44. The molecule has 0 aromatic carbocycles. The zero-order valence-electron chi connectivity index (χ0n) is 6.39. The first-order valence-electron chi connectivity index (χ1n) is 3.22. The lowest BCUT2D eigenvalue weighted by Gasteiger charge is -2.03. The summed E-state index contributed by atoms with van der Waals surface area (Å²) in [7, 11) is 0. The lowest BCUT2D eigenvalue weighted by atomic mass is 10.4. The van der Waals surface area contributed by atoms with Crippen LogP contribution in [0.15, 0.2) is 12.3 Å². The Morgan fingerprint density at radius 1 is 1.38 bits per heavy atom. The van der Waals surface area contributed by atoms with Crippen molar-refractivity contribution in [2.24, 2.45) is 0 Å². The smallest absolute Gasteiger partial charge is 0.229 e. The van der Waals surface area contributed by atoms with Crippen molar-refractivity contribution >= 4 is 0 Å². The molecule has 0 aliphatic carbocycles. The van der Waals surface area contributed by atoms with Gasteiger partial charge in [0.25, 0.3) is 0 Å². The molecule has 0 saturated carbocycles. The van der Waals surface area contributed by atoms with E-state index < -0.39 is 11.9 Å². The molecule has 0 bridgehead atoms. The van der Waals surface area contributed by atoms with Crippen molar-refractivity contribution < 1.29 is 13.2 Å². The zero-order chi connectivity index (χ0) is 9.90. The fourth-order valence-electron chi connectivity index (χ4n) is 0.656. The molecule has 67 valence electrons. The van der Waals surface area contributed by atoms with Gasteiger partial charge in [-0.2, -0.15) is 13.2 Å². The van der Waals surface area contributed by atoms with Crippen molar-refractivity contribution in [3.8, 4) is 11.8 Å². The van der Waals surface area contributed by atoms with Crippen LogP contribution in [0.25, 0.3) is 0 Å². The molecule has 0 N–H and O–H groups in total. The third kappa shape index (κ3) is 2.44. The van der Waals surface area contributed by atoms with Crippen LogP contribution in [0.2, 0.25) is 0 Å². The van der Waals surface area contributed by atoms with Crippen LogP contribution in [0.5, 0.6) is 0 Å². The summed E-state index contributed by atoms with van der Waals surface area (Å²) >= 11 is 0. The molecule has 0 aliphatic rings.